The quantitative estimate of drug-likeness (QED) is 0.700. The molecule has 2 aromatic rings. The Morgan fingerprint density at radius 2 is 1.90 bits per heavy atom. The van der Waals surface area contributed by atoms with Gasteiger partial charge in [0.25, 0.3) is 5.91 Å². The van der Waals surface area contributed by atoms with Crippen molar-refractivity contribution < 1.29 is 18.7 Å². The zero-order valence-electron chi connectivity index (χ0n) is 16.7. The number of nitrogens with one attached hydrogen (secondary N) is 1. The van der Waals surface area contributed by atoms with Gasteiger partial charge in [-0.2, -0.15) is 0 Å². The van der Waals surface area contributed by atoms with Gasteiger partial charge in [0.2, 0.25) is 5.91 Å². The van der Waals surface area contributed by atoms with Crippen LogP contribution in [0.15, 0.2) is 48.5 Å². The molecule has 1 heterocycles. The molecule has 1 unspecified atom stereocenters. The average molecular weight is 436 g/mol. The lowest BCUT2D eigenvalue weighted by molar-refractivity contribution is -0.126. The van der Waals surface area contributed by atoms with E-state index in [0.717, 1.165) is 18.4 Å². The van der Waals surface area contributed by atoms with Crippen LogP contribution in [0.25, 0.3) is 0 Å². The van der Waals surface area contributed by atoms with Crippen molar-refractivity contribution in [1.82, 2.24) is 10.2 Å². The van der Waals surface area contributed by atoms with Gasteiger partial charge in [-0.1, -0.05) is 24.3 Å². The van der Waals surface area contributed by atoms with E-state index in [1.165, 1.54) is 12.1 Å². The molecule has 1 saturated heterocycles. The molecule has 162 valence electrons. The first kappa shape index (κ1) is 23.6. The summed E-state index contributed by atoms with van der Waals surface area (Å²) in [5.41, 5.74) is 6.71. The highest BCUT2D eigenvalue weighted by Crippen LogP contribution is 2.24. The summed E-state index contributed by atoms with van der Waals surface area (Å²) in [6.45, 7) is 2.03. The number of benzene rings is 2. The summed E-state index contributed by atoms with van der Waals surface area (Å²) in [4.78, 5) is 27.1. The third-order valence-electron chi connectivity index (χ3n) is 4.95. The number of hydrogen-bond acceptors (Lipinski definition) is 4. The van der Waals surface area contributed by atoms with E-state index in [9.17, 15) is 14.0 Å². The summed E-state index contributed by atoms with van der Waals surface area (Å²) < 4.78 is 18.9. The minimum absolute atomic E-state index is 0. The average Bonchev–Trinajstić information content (AvgIpc) is 2.77. The molecule has 0 spiro atoms. The van der Waals surface area contributed by atoms with E-state index < -0.39 is 0 Å². The molecule has 30 heavy (non-hydrogen) atoms. The fourth-order valence-electron chi connectivity index (χ4n) is 3.40. The first-order valence-electron chi connectivity index (χ1n) is 9.82. The van der Waals surface area contributed by atoms with Crippen LogP contribution in [0.1, 0.15) is 28.8 Å². The number of amides is 2. The van der Waals surface area contributed by atoms with Crippen LogP contribution in [0.4, 0.5) is 4.39 Å². The van der Waals surface area contributed by atoms with Crippen molar-refractivity contribution in [2.24, 2.45) is 11.7 Å². The summed E-state index contributed by atoms with van der Waals surface area (Å²) in [6, 6.07) is 13.1. The van der Waals surface area contributed by atoms with E-state index in [4.69, 9.17) is 10.5 Å². The molecule has 8 heteroatoms. The van der Waals surface area contributed by atoms with Crippen molar-refractivity contribution in [2.75, 3.05) is 26.2 Å². The van der Waals surface area contributed by atoms with E-state index >= 15 is 0 Å². The number of nitrogens with zero attached hydrogens (tertiary/aromatic N) is 1. The van der Waals surface area contributed by atoms with Gasteiger partial charge in [0.15, 0.2) is 0 Å². The molecule has 0 radical (unpaired) electrons. The van der Waals surface area contributed by atoms with Crippen molar-refractivity contribution >= 4 is 24.2 Å². The number of hydrogen-bond donors (Lipinski definition) is 2. The smallest absolute Gasteiger partial charge is 0.257 e. The first-order chi connectivity index (χ1) is 14.1. The van der Waals surface area contributed by atoms with Crippen molar-refractivity contribution in [1.29, 1.82) is 0 Å². The Morgan fingerprint density at radius 3 is 2.63 bits per heavy atom. The van der Waals surface area contributed by atoms with E-state index in [1.54, 1.807) is 41.3 Å². The Balaban J connectivity index is 0.00000320. The number of carbonyl (C=O) groups is 2. The zero-order valence-corrected chi connectivity index (χ0v) is 17.5. The maximum atomic E-state index is 13.1. The summed E-state index contributed by atoms with van der Waals surface area (Å²) >= 11 is 0. The van der Waals surface area contributed by atoms with Gasteiger partial charge >= 0.3 is 0 Å². The molecule has 2 aromatic carbocycles. The third kappa shape index (κ3) is 6.18. The minimum atomic E-state index is -0.306. The van der Waals surface area contributed by atoms with Gasteiger partial charge < -0.3 is 20.7 Å². The fraction of sp³-hybridized carbons (Fsp3) is 0.364. The standard InChI is InChI=1S/C22H26FN3O3.ClH/c23-18-9-7-16(8-10-18)15-29-20-6-2-1-5-19(20)22(28)26-13-3-4-17(14-26)21(27)25-12-11-24;/h1-2,5-10,17H,3-4,11-15,24H2,(H,25,27);1H. The molecule has 2 amide bonds. The van der Waals surface area contributed by atoms with Crippen LogP contribution in [0, 0.1) is 11.7 Å². The molecule has 1 atom stereocenters. The second-order valence-corrected chi connectivity index (χ2v) is 7.08. The van der Waals surface area contributed by atoms with E-state index in [-0.39, 0.29) is 42.6 Å². The van der Waals surface area contributed by atoms with E-state index in [2.05, 4.69) is 5.32 Å². The van der Waals surface area contributed by atoms with Gasteiger partial charge in [0.1, 0.15) is 18.2 Å². The number of carbonyl (C=O) groups excluding carboxylic acids is 2. The monoisotopic (exact) mass is 435 g/mol. The number of likely N-dealkylation sites (tertiary alicyclic amines) is 1. The van der Waals surface area contributed by atoms with Crippen LogP contribution in [-0.2, 0) is 11.4 Å². The van der Waals surface area contributed by atoms with Crippen molar-refractivity contribution in [3.8, 4) is 5.75 Å². The first-order valence-corrected chi connectivity index (χ1v) is 9.82. The van der Waals surface area contributed by atoms with Crippen LogP contribution in [-0.4, -0.2) is 42.9 Å². The van der Waals surface area contributed by atoms with Gasteiger partial charge in [0.05, 0.1) is 11.5 Å². The molecule has 6 nitrogen and oxygen atoms in total. The molecule has 0 aliphatic carbocycles. The number of piperidine rings is 1. The summed E-state index contributed by atoms with van der Waals surface area (Å²) in [7, 11) is 0. The molecule has 1 fully saturated rings. The molecular formula is C22H27ClFN3O3. The van der Waals surface area contributed by atoms with Crippen LogP contribution in [0.3, 0.4) is 0 Å². The van der Waals surface area contributed by atoms with Crippen molar-refractivity contribution in [2.45, 2.75) is 19.4 Å². The van der Waals surface area contributed by atoms with Crippen LogP contribution in [0.5, 0.6) is 5.75 Å². The number of rotatable bonds is 7. The van der Waals surface area contributed by atoms with Crippen LogP contribution < -0.4 is 15.8 Å². The SMILES string of the molecule is Cl.NCCNC(=O)C1CCCN(C(=O)c2ccccc2OCc2ccc(F)cc2)C1. The number of para-hydroxylation sites is 1. The lowest BCUT2D eigenvalue weighted by atomic mass is 9.96. The molecule has 0 bridgehead atoms. The fourth-order valence-corrected chi connectivity index (χ4v) is 3.40. The lowest BCUT2D eigenvalue weighted by Gasteiger charge is -2.32. The Morgan fingerprint density at radius 1 is 1.17 bits per heavy atom. The Bertz CT molecular complexity index is 848. The Labute approximate surface area is 182 Å². The summed E-state index contributed by atoms with van der Waals surface area (Å²) in [6.07, 6.45) is 1.52. The highest BCUT2D eigenvalue weighted by molar-refractivity contribution is 5.97. The topological polar surface area (TPSA) is 84.7 Å². The predicted molar refractivity (Wildman–Crippen MR) is 115 cm³/mol. The number of halogens is 2. The Hall–Kier alpha value is -2.64. The maximum absolute atomic E-state index is 13.1. The molecular weight excluding hydrogens is 409 g/mol. The molecule has 0 saturated carbocycles. The van der Waals surface area contributed by atoms with Gasteiger partial charge in [-0.25, -0.2) is 4.39 Å². The molecule has 3 N–H and O–H groups in total. The molecule has 3 rings (SSSR count). The highest BCUT2D eigenvalue weighted by Gasteiger charge is 2.29. The minimum Gasteiger partial charge on any atom is -0.488 e. The third-order valence-corrected chi connectivity index (χ3v) is 4.95. The largest absolute Gasteiger partial charge is 0.488 e. The molecule has 0 aromatic heterocycles. The normalized spacial score (nSPS) is 15.8. The van der Waals surface area contributed by atoms with Gasteiger partial charge in [0, 0.05) is 26.2 Å². The van der Waals surface area contributed by atoms with E-state index in [0.29, 0.717) is 37.5 Å². The van der Waals surface area contributed by atoms with Gasteiger partial charge in [-0.15, -0.1) is 12.4 Å². The second-order valence-electron chi connectivity index (χ2n) is 7.08. The lowest BCUT2D eigenvalue weighted by Crippen LogP contribution is -2.46. The van der Waals surface area contributed by atoms with Gasteiger partial charge in [-0.3, -0.25) is 9.59 Å². The maximum Gasteiger partial charge on any atom is 0.257 e. The summed E-state index contributed by atoms with van der Waals surface area (Å²) in [5.74, 6) is -0.285. The number of nitrogens with two attached hydrogens (primary N) is 1. The van der Waals surface area contributed by atoms with Crippen LogP contribution >= 0.6 is 12.4 Å². The second kappa shape index (κ2) is 11.5. The highest BCUT2D eigenvalue weighted by atomic mass is 35.5. The number of ether oxygens (including phenoxy) is 1. The van der Waals surface area contributed by atoms with Crippen molar-refractivity contribution in [3.05, 3.63) is 65.5 Å². The van der Waals surface area contributed by atoms with Gasteiger partial charge in [-0.05, 0) is 42.7 Å². The van der Waals surface area contributed by atoms with Crippen LogP contribution in [0.2, 0.25) is 0 Å². The Kier molecular flexibility index (Phi) is 9.08. The van der Waals surface area contributed by atoms with Crippen molar-refractivity contribution in [3.63, 3.8) is 0 Å². The predicted octanol–water partition coefficient (Wildman–Crippen LogP) is 2.75. The summed E-state index contributed by atoms with van der Waals surface area (Å²) in [5, 5.41) is 2.80. The molecule has 1 aliphatic rings. The zero-order chi connectivity index (χ0) is 20.6. The molecule has 1 aliphatic heterocycles. The van der Waals surface area contributed by atoms with E-state index in [1.807, 2.05) is 0 Å².